The highest BCUT2D eigenvalue weighted by molar-refractivity contribution is 6.12. The monoisotopic (exact) mass is 758 g/mol. The zero-order valence-corrected chi connectivity index (χ0v) is 31.5. The Morgan fingerprint density at radius 3 is 1.60 bits per heavy atom. The minimum atomic E-state index is -4.67. The van der Waals surface area contributed by atoms with Crippen LogP contribution in [0, 0.1) is 25.2 Å². The Kier molecular flexibility index (Phi) is 8.06. The van der Waals surface area contributed by atoms with Gasteiger partial charge in [0.15, 0.2) is 0 Å². The normalized spacial score (nSPS) is 11.9. The average Bonchev–Trinajstić information content (AvgIpc) is 3.75. The Bertz CT molecular complexity index is 3320. The molecule has 10 aromatic rings. The molecule has 278 valence electrons. The smallest absolute Gasteiger partial charge is 0.307 e. The molecule has 0 radical (unpaired) electrons. The van der Waals surface area contributed by atoms with Crippen LogP contribution in [0.5, 0.6) is 0 Å². The molecule has 0 saturated carbocycles. The maximum absolute atomic E-state index is 14.5. The summed E-state index contributed by atoms with van der Waals surface area (Å²) in [7, 11) is 0. The standard InChI is InChI=1S/C51H33F3N4/c1-31-9-7-11-34(21-31)36-17-19-47-43(26-36)40-13-3-5-15-45(40)57(47)49-30-56-50(28-42(49)38-23-33(29-55)24-39(25-38)51(52,53)54)58-46-16-6-4-14-41(46)44-27-37(18-20-48(44)58)35-12-8-10-32(2)22-35/h3-28,30H,1-2H3. The van der Waals surface area contributed by atoms with Gasteiger partial charge in [0.25, 0.3) is 0 Å². The molecule has 58 heavy (non-hydrogen) atoms. The first kappa shape index (κ1) is 35.0. The summed E-state index contributed by atoms with van der Waals surface area (Å²) in [5.41, 5.74) is 10.6. The van der Waals surface area contributed by atoms with Crippen LogP contribution in [0.25, 0.3) is 88.5 Å². The van der Waals surface area contributed by atoms with Crippen molar-refractivity contribution in [2.24, 2.45) is 0 Å². The third-order valence-electron chi connectivity index (χ3n) is 11.1. The molecule has 0 aliphatic rings. The van der Waals surface area contributed by atoms with Gasteiger partial charge in [-0.1, -0.05) is 108 Å². The molecule has 3 aromatic heterocycles. The fourth-order valence-corrected chi connectivity index (χ4v) is 8.44. The summed E-state index contributed by atoms with van der Waals surface area (Å²) in [5.74, 6) is 0.534. The summed E-state index contributed by atoms with van der Waals surface area (Å²) in [6.45, 7) is 4.15. The number of halogens is 3. The third kappa shape index (κ3) is 5.81. The number of aromatic nitrogens is 3. The van der Waals surface area contributed by atoms with Crippen molar-refractivity contribution in [2.45, 2.75) is 20.0 Å². The molecule has 0 fully saturated rings. The van der Waals surface area contributed by atoms with E-state index >= 15 is 0 Å². The van der Waals surface area contributed by atoms with Crippen molar-refractivity contribution in [1.82, 2.24) is 14.1 Å². The Morgan fingerprint density at radius 1 is 0.500 bits per heavy atom. The molecule has 0 spiro atoms. The number of aryl methyl sites for hydroxylation is 2. The zero-order valence-electron chi connectivity index (χ0n) is 31.5. The summed E-state index contributed by atoms with van der Waals surface area (Å²) in [6, 6.07) is 53.0. The Labute approximate surface area is 332 Å². The first-order valence-corrected chi connectivity index (χ1v) is 19.0. The molecule has 7 aromatic carbocycles. The van der Waals surface area contributed by atoms with Gasteiger partial charge in [-0.05, 0) is 102 Å². The molecule has 0 N–H and O–H groups in total. The number of pyridine rings is 1. The van der Waals surface area contributed by atoms with E-state index in [1.807, 2.05) is 54.6 Å². The minimum absolute atomic E-state index is 0.0836. The number of nitriles is 1. The van der Waals surface area contributed by atoms with Crippen LogP contribution in [0.1, 0.15) is 22.3 Å². The van der Waals surface area contributed by atoms with Crippen LogP contribution in [0.15, 0.2) is 164 Å². The molecule has 0 amide bonds. The van der Waals surface area contributed by atoms with E-state index in [0.29, 0.717) is 17.1 Å². The summed E-state index contributed by atoms with van der Waals surface area (Å²) in [5, 5.41) is 14.0. The lowest BCUT2D eigenvalue weighted by Gasteiger charge is -2.18. The SMILES string of the molecule is Cc1cccc(-c2ccc3c(c2)c2ccccc2n3-c2cc(-c3cc(C#N)cc(C(F)(F)F)c3)c(-n3c4ccccc4c4cc(-c5cccc(C)c5)ccc43)cn2)c1. The Balaban J connectivity index is 1.26. The molecule has 0 aliphatic carbocycles. The molecule has 0 aliphatic heterocycles. The van der Waals surface area contributed by atoms with E-state index in [2.05, 4.69) is 114 Å². The molecular formula is C51H33F3N4. The minimum Gasteiger partial charge on any atom is -0.307 e. The van der Waals surface area contributed by atoms with Crippen molar-refractivity contribution in [2.75, 3.05) is 0 Å². The van der Waals surface area contributed by atoms with Crippen molar-refractivity contribution in [3.63, 3.8) is 0 Å². The highest BCUT2D eigenvalue weighted by Crippen LogP contribution is 2.42. The molecule has 0 atom stereocenters. The second kappa shape index (κ2) is 13.4. The lowest BCUT2D eigenvalue weighted by molar-refractivity contribution is -0.137. The van der Waals surface area contributed by atoms with Crippen molar-refractivity contribution < 1.29 is 13.2 Å². The Hall–Kier alpha value is -7.43. The quantitative estimate of drug-likeness (QED) is 0.175. The van der Waals surface area contributed by atoms with Gasteiger partial charge < -0.3 is 4.57 Å². The number of alkyl halides is 3. The van der Waals surface area contributed by atoms with Crippen LogP contribution in [-0.4, -0.2) is 14.1 Å². The van der Waals surface area contributed by atoms with Crippen LogP contribution in [-0.2, 0) is 6.18 Å². The van der Waals surface area contributed by atoms with Gasteiger partial charge in [-0.2, -0.15) is 18.4 Å². The van der Waals surface area contributed by atoms with Gasteiger partial charge in [-0.25, -0.2) is 4.98 Å². The predicted molar refractivity (Wildman–Crippen MR) is 228 cm³/mol. The van der Waals surface area contributed by atoms with Gasteiger partial charge in [0.05, 0.1) is 51.1 Å². The largest absolute Gasteiger partial charge is 0.416 e. The summed E-state index contributed by atoms with van der Waals surface area (Å²) in [4.78, 5) is 5.11. The number of hydrogen-bond donors (Lipinski definition) is 0. The van der Waals surface area contributed by atoms with Crippen molar-refractivity contribution in [3.05, 3.63) is 186 Å². The molecular weight excluding hydrogens is 726 g/mol. The van der Waals surface area contributed by atoms with Crippen LogP contribution < -0.4 is 0 Å². The van der Waals surface area contributed by atoms with Gasteiger partial charge in [-0.3, -0.25) is 4.57 Å². The highest BCUT2D eigenvalue weighted by atomic mass is 19.4. The van der Waals surface area contributed by atoms with Gasteiger partial charge >= 0.3 is 6.18 Å². The molecule has 10 rings (SSSR count). The van der Waals surface area contributed by atoms with E-state index in [1.165, 1.54) is 11.6 Å². The molecule has 3 heterocycles. The maximum atomic E-state index is 14.5. The highest BCUT2D eigenvalue weighted by Gasteiger charge is 2.32. The van der Waals surface area contributed by atoms with E-state index in [9.17, 15) is 18.4 Å². The second-order valence-electron chi connectivity index (χ2n) is 14.9. The lowest BCUT2D eigenvalue weighted by Crippen LogP contribution is -2.07. The number of fused-ring (bicyclic) bond motifs is 6. The van der Waals surface area contributed by atoms with E-state index in [0.717, 1.165) is 83.6 Å². The van der Waals surface area contributed by atoms with Crippen molar-refractivity contribution >= 4 is 43.6 Å². The topological polar surface area (TPSA) is 46.5 Å². The first-order valence-electron chi connectivity index (χ1n) is 19.0. The molecule has 0 bridgehead atoms. The molecule has 0 saturated heterocycles. The number of hydrogen-bond acceptors (Lipinski definition) is 2. The summed E-state index contributed by atoms with van der Waals surface area (Å²) in [6.07, 6.45) is -2.92. The molecule has 0 unspecified atom stereocenters. The van der Waals surface area contributed by atoms with E-state index in [-0.39, 0.29) is 11.1 Å². The predicted octanol–water partition coefficient (Wildman–Crippen LogP) is 13.8. The molecule has 7 heteroatoms. The van der Waals surface area contributed by atoms with Gasteiger partial charge in [-0.15, -0.1) is 0 Å². The lowest BCUT2D eigenvalue weighted by atomic mass is 9.98. The third-order valence-corrected chi connectivity index (χ3v) is 11.1. The average molecular weight is 759 g/mol. The number of rotatable bonds is 5. The van der Waals surface area contributed by atoms with E-state index in [4.69, 9.17) is 4.98 Å². The second-order valence-corrected chi connectivity index (χ2v) is 14.9. The van der Waals surface area contributed by atoms with Crippen LogP contribution in [0.3, 0.4) is 0 Å². The fourth-order valence-electron chi connectivity index (χ4n) is 8.44. The van der Waals surface area contributed by atoms with Gasteiger partial charge in [0.1, 0.15) is 5.82 Å². The van der Waals surface area contributed by atoms with Gasteiger partial charge in [0.2, 0.25) is 0 Å². The van der Waals surface area contributed by atoms with Crippen molar-refractivity contribution in [3.8, 4) is 51.0 Å². The van der Waals surface area contributed by atoms with Crippen molar-refractivity contribution in [1.29, 1.82) is 5.26 Å². The number of nitrogens with zero attached hydrogens (tertiary/aromatic N) is 4. The number of para-hydroxylation sites is 2. The van der Waals surface area contributed by atoms with Crippen LogP contribution in [0.4, 0.5) is 13.2 Å². The summed E-state index contributed by atoms with van der Waals surface area (Å²) >= 11 is 0. The Morgan fingerprint density at radius 2 is 1.03 bits per heavy atom. The maximum Gasteiger partial charge on any atom is 0.416 e. The van der Waals surface area contributed by atoms with E-state index in [1.54, 1.807) is 6.20 Å². The fraction of sp³-hybridized carbons (Fsp3) is 0.0588. The van der Waals surface area contributed by atoms with E-state index < -0.39 is 11.7 Å². The van der Waals surface area contributed by atoms with Crippen LogP contribution in [0.2, 0.25) is 0 Å². The van der Waals surface area contributed by atoms with Gasteiger partial charge in [0, 0.05) is 27.1 Å². The first-order chi connectivity index (χ1) is 28.1. The number of benzene rings is 7. The summed E-state index contributed by atoms with van der Waals surface area (Å²) < 4.78 is 47.6. The zero-order chi connectivity index (χ0) is 39.7. The van der Waals surface area contributed by atoms with Crippen LogP contribution >= 0.6 is 0 Å². The molecule has 4 nitrogen and oxygen atoms in total.